The van der Waals surface area contributed by atoms with Crippen LogP contribution in [-0.2, 0) is 5.75 Å². The zero-order valence-corrected chi connectivity index (χ0v) is 16.8. The molecular formula is C17H17BrClFN2S2. The second-order valence-electron chi connectivity index (χ2n) is 5.01. The highest BCUT2D eigenvalue weighted by atomic mass is 79.9. The van der Waals surface area contributed by atoms with Gasteiger partial charge in [-0.15, -0.1) is 0 Å². The highest BCUT2D eigenvalue weighted by Crippen LogP contribution is 2.25. The minimum absolute atomic E-state index is 0.137. The van der Waals surface area contributed by atoms with E-state index in [0.29, 0.717) is 15.9 Å². The van der Waals surface area contributed by atoms with Crippen LogP contribution in [0.15, 0.2) is 46.9 Å². The molecule has 24 heavy (non-hydrogen) atoms. The van der Waals surface area contributed by atoms with Crippen LogP contribution in [0.25, 0.3) is 0 Å². The van der Waals surface area contributed by atoms with Crippen molar-refractivity contribution in [1.82, 2.24) is 5.32 Å². The standard InChI is InChI=1S/C17H17BrClFN2S2/c18-14-7-6-13(10-15(14)19)22-17(23)21-8-3-9-24-11-12-4-1-2-5-16(12)20/h1-2,4-7,10H,3,8-9,11H2,(H2,21,22,23). The number of hydrogen-bond acceptors (Lipinski definition) is 2. The third kappa shape index (κ3) is 6.59. The van der Waals surface area contributed by atoms with Crippen molar-refractivity contribution >= 4 is 62.3 Å². The van der Waals surface area contributed by atoms with Gasteiger partial charge in [0.1, 0.15) is 5.82 Å². The first-order valence-electron chi connectivity index (χ1n) is 7.37. The largest absolute Gasteiger partial charge is 0.362 e. The van der Waals surface area contributed by atoms with Crippen molar-refractivity contribution < 1.29 is 4.39 Å². The first-order chi connectivity index (χ1) is 11.6. The summed E-state index contributed by atoms with van der Waals surface area (Å²) in [6, 6.07) is 12.5. The smallest absolute Gasteiger partial charge is 0.170 e. The van der Waals surface area contributed by atoms with Crippen molar-refractivity contribution in [3.63, 3.8) is 0 Å². The second kappa shape index (κ2) is 10.2. The van der Waals surface area contributed by atoms with Crippen molar-refractivity contribution in [1.29, 1.82) is 0 Å². The third-order valence-electron chi connectivity index (χ3n) is 3.14. The van der Waals surface area contributed by atoms with E-state index in [9.17, 15) is 4.39 Å². The van der Waals surface area contributed by atoms with Gasteiger partial charge in [0.15, 0.2) is 5.11 Å². The molecule has 0 heterocycles. The van der Waals surface area contributed by atoms with E-state index in [1.807, 2.05) is 30.3 Å². The molecule has 2 nitrogen and oxygen atoms in total. The SMILES string of the molecule is Fc1ccccc1CSCCCNC(=S)Nc1ccc(Br)c(Cl)c1. The van der Waals surface area contributed by atoms with Gasteiger partial charge in [0.2, 0.25) is 0 Å². The fraction of sp³-hybridized carbons (Fsp3) is 0.235. The normalized spacial score (nSPS) is 10.5. The first kappa shape index (κ1) is 19.5. The predicted octanol–water partition coefficient (Wildman–Crippen LogP) is 5.85. The summed E-state index contributed by atoms with van der Waals surface area (Å²) in [6.45, 7) is 0.764. The number of nitrogens with one attached hydrogen (secondary N) is 2. The zero-order valence-electron chi connectivity index (χ0n) is 12.8. The Hall–Kier alpha value is -0.820. The number of rotatable bonds is 7. The van der Waals surface area contributed by atoms with Crippen molar-refractivity contribution in [3.05, 3.63) is 63.3 Å². The quantitative estimate of drug-likeness (QED) is 0.410. The predicted molar refractivity (Wildman–Crippen MR) is 111 cm³/mol. The Morgan fingerprint density at radius 1 is 1.25 bits per heavy atom. The molecule has 2 rings (SSSR count). The molecular weight excluding hydrogens is 431 g/mol. The van der Waals surface area contributed by atoms with Gasteiger partial charge in [-0.25, -0.2) is 4.39 Å². The Morgan fingerprint density at radius 2 is 2.04 bits per heavy atom. The summed E-state index contributed by atoms with van der Waals surface area (Å²) in [4.78, 5) is 0. The van der Waals surface area contributed by atoms with Gasteiger partial charge >= 0.3 is 0 Å². The summed E-state index contributed by atoms with van der Waals surface area (Å²) in [7, 11) is 0. The lowest BCUT2D eigenvalue weighted by atomic mass is 10.2. The van der Waals surface area contributed by atoms with Gasteiger partial charge in [0, 0.05) is 22.5 Å². The molecule has 0 aliphatic rings. The Labute approximate surface area is 164 Å². The zero-order chi connectivity index (χ0) is 17.4. The average molecular weight is 448 g/mol. The van der Waals surface area contributed by atoms with E-state index in [4.69, 9.17) is 23.8 Å². The van der Waals surface area contributed by atoms with Crippen LogP contribution < -0.4 is 10.6 Å². The average Bonchev–Trinajstić information content (AvgIpc) is 2.56. The molecule has 0 aliphatic heterocycles. The molecule has 0 saturated heterocycles. The summed E-state index contributed by atoms with van der Waals surface area (Å²) >= 11 is 16.4. The van der Waals surface area contributed by atoms with Crippen LogP contribution in [0.5, 0.6) is 0 Å². The van der Waals surface area contributed by atoms with Gasteiger partial charge in [0.05, 0.1) is 5.02 Å². The van der Waals surface area contributed by atoms with Crippen molar-refractivity contribution in [2.45, 2.75) is 12.2 Å². The first-order valence-corrected chi connectivity index (χ1v) is 10.1. The van der Waals surface area contributed by atoms with E-state index >= 15 is 0 Å². The van der Waals surface area contributed by atoms with E-state index in [-0.39, 0.29) is 5.82 Å². The molecule has 0 spiro atoms. The molecule has 0 fully saturated rings. The lowest BCUT2D eigenvalue weighted by Crippen LogP contribution is -2.29. The van der Waals surface area contributed by atoms with Gasteiger partial charge < -0.3 is 10.6 Å². The van der Waals surface area contributed by atoms with Crippen LogP contribution in [-0.4, -0.2) is 17.4 Å². The molecule has 0 bridgehead atoms. The number of thioether (sulfide) groups is 1. The molecule has 7 heteroatoms. The Morgan fingerprint density at radius 3 is 2.79 bits per heavy atom. The Balaban J connectivity index is 1.61. The summed E-state index contributed by atoms with van der Waals surface area (Å²) in [6.07, 6.45) is 0.946. The minimum atomic E-state index is -0.137. The number of hydrogen-bond donors (Lipinski definition) is 2. The molecule has 0 aliphatic carbocycles. The van der Waals surface area contributed by atoms with Crippen molar-refractivity contribution in [3.8, 4) is 0 Å². The molecule has 0 atom stereocenters. The summed E-state index contributed by atoms with van der Waals surface area (Å²) in [5.74, 6) is 1.49. The third-order valence-corrected chi connectivity index (χ3v) is 5.72. The minimum Gasteiger partial charge on any atom is -0.362 e. The maximum atomic E-state index is 13.5. The number of halogens is 3. The summed E-state index contributed by atoms with van der Waals surface area (Å²) < 4.78 is 14.3. The number of anilines is 1. The lowest BCUT2D eigenvalue weighted by Gasteiger charge is -2.11. The van der Waals surface area contributed by atoms with Gasteiger partial charge in [-0.2, -0.15) is 11.8 Å². The van der Waals surface area contributed by atoms with Gasteiger partial charge in [-0.3, -0.25) is 0 Å². The summed E-state index contributed by atoms with van der Waals surface area (Å²) in [5.41, 5.74) is 1.59. The maximum Gasteiger partial charge on any atom is 0.170 e. The Kier molecular flexibility index (Phi) is 8.32. The van der Waals surface area contributed by atoms with Crippen LogP contribution in [0.2, 0.25) is 5.02 Å². The monoisotopic (exact) mass is 446 g/mol. The maximum absolute atomic E-state index is 13.5. The molecule has 2 aromatic rings. The molecule has 128 valence electrons. The van der Waals surface area contributed by atoms with Gasteiger partial charge in [0.25, 0.3) is 0 Å². The second-order valence-corrected chi connectivity index (χ2v) is 7.78. The van der Waals surface area contributed by atoms with Gasteiger partial charge in [-0.05, 0) is 70.2 Å². The van der Waals surface area contributed by atoms with E-state index in [1.165, 1.54) is 6.07 Å². The van der Waals surface area contributed by atoms with Crippen LogP contribution in [0.3, 0.4) is 0 Å². The van der Waals surface area contributed by atoms with E-state index in [1.54, 1.807) is 17.8 Å². The van der Waals surface area contributed by atoms with Crippen molar-refractivity contribution in [2.24, 2.45) is 0 Å². The van der Waals surface area contributed by atoms with E-state index in [0.717, 1.165) is 34.4 Å². The Bertz CT molecular complexity index is 700. The van der Waals surface area contributed by atoms with E-state index in [2.05, 4.69) is 26.6 Å². The highest BCUT2D eigenvalue weighted by molar-refractivity contribution is 9.10. The van der Waals surface area contributed by atoms with Gasteiger partial charge in [-0.1, -0.05) is 29.8 Å². The molecule has 2 aromatic carbocycles. The van der Waals surface area contributed by atoms with E-state index < -0.39 is 0 Å². The van der Waals surface area contributed by atoms with Crippen LogP contribution in [0.1, 0.15) is 12.0 Å². The molecule has 0 amide bonds. The molecule has 0 radical (unpaired) electrons. The molecule has 0 saturated carbocycles. The molecule has 0 aromatic heterocycles. The molecule has 2 N–H and O–H groups in total. The summed E-state index contributed by atoms with van der Waals surface area (Å²) in [5, 5.41) is 7.44. The number of benzene rings is 2. The topological polar surface area (TPSA) is 24.1 Å². The van der Waals surface area contributed by atoms with Crippen LogP contribution in [0, 0.1) is 5.82 Å². The fourth-order valence-corrected chi connectivity index (χ4v) is 3.52. The van der Waals surface area contributed by atoms with Crippen molar-refractivity contribution in [2.75, 3.05) is 17.6 Å². The van der Waals surface area contributed by atoms with Crippen LogP contribution in [0.4, 0.5) is 10.1 Å². The van der Waals surface area contributed by atoms with Crippen LogP contribution >= 0.6 is 51.5 Å². The lowest BCUT2D eigenvalue weighted by molar-refractivity contribution is 0.617. The molecule has 0 unspecified atom stereocenters. The number of thiocarbonyl (C=S) groups is 1. The highest BCUT2D eigenvalue weighted by Gasteiger charge is 2.02. The fourth-order valence-electron chi connectivity index (χ4n) is 1.92.